The number of anilines is 6. The van der Waals surface area contributed by atoms with Crippen LogP contribution in [0.4, 0.5) is 61.7 Å². The number of nitrogens with two attached hydrogens (primary N) is 6. The zero-order valence-corrected chi connectivity index (χ0v) is 95.3. The van der Waals surface area contributed by atoms with E-state index in [1.165, 1.54) is 64.4 Å². The summed E-state index contributed by atoms with van der Waals surface area (Å²) in [4.78, 5) is 91.8. The number of hydrogen-bond donors (Lipinski definition) is 10. The summed E-state index contributed by atoms with van der Waals surface area (Å²) in [6.45, 7) is 36.1. The number of thiophene rings is 2. The first-order valence-electron chi connectivity index (χ1n) is 38.5. The van der Waals surface area contributed by atoms with Gasteiger partial charge in [-0.1, -0.05) is 55.8 Å². The largest absolute Gasteiger partial charge is 1.00 e. The van der Waals surface area contributed by atoms with Crippen molar-refractivity contribution >= 4 is 209 Å². The summed E-state index contributed by atoms with van der Waals surface area (Å²) in [5.41, 5.74) is 36.1. The molecule has 6 amide bonds. The van der Waals surface area contributed by atoms with Crippen molar-refractivity contribution in [1.29, 1.82) is 10.5 Å². The molecule has 0 radical (unpaired) electrons. The summed E-state index contributed by atoms with van der Waals surface area (Å²) in [5.74, 6) is -3.41. The molecule has 0 bridgehead atoms. The van der Waals surface area contributed by atoms with Crippen LogP contribution in [0.15, 0.2) is 63.2 Å². The Morgan fingerprint density at radius 1 is 0.552 bits per heavy atom. The number of benzene rings is 4. The van der Waals surface area contributed by atoms with Crippen molar-refractivity contribution in [3.8, 4) is 12.1 Å². The van der Waals surface area contributed by atoms with Gasteiger partial charge in [-0.05, 0) is 181 Å². The minimum Gasteiger partial charge on any atom is -1.00 e. The Kier molecular flexibility index (Phi) is 61.7. The van der Waals surface area contributed by atoms with Gasteiger partial charge in [0.25, 0.3) is 18.3 Å². The van der Waals surface area contributed by atoms with Gasteiger partial charge in [-0.15, -0.1) is 70.4 Å². The molecule has 0 unspecified atom stereocenters. The van der Waals surface area contributed by atoms with E-state index in [1.807, 2.05) is 77.3 Å². The van der Waals surface area contributed by atoms with Crippen LogP contribution in [0.2, 0.25) is 39.3 Å². The van der Waals surface area contributed by atoms with E-state index in [9.17, 15) is 41.9 Å². The molecule has 0 aliphatic carbocycles. The van der Waals surface area contributed by atoms with Gasteiger partial charge < -0.3 is 113 Å². The van der Waals surface area contributed by atoms with Crippen molar-refractivity contribution in [3.63, 3.8) is 0 Å². The molecule has 676 valence electrons. The van der Waals surface area contributed by atoms with Crippen LogP contribution in [0.5, 0.6) is 0 Å². The molecule has 0 atom stereocenters. The molecule has 10 rings (SSSR count). The van der Waals surface area contributed by atoms with E-state index >= 15 is 0 Å². The van der Waals surface area contributed by atoms with E-state index in [4.69, 9.17) is 68.1 Å². The molecule has 45 heteroatoms. The van der Waals surface area contributed by atoms with Crippen LogP contribution in [0.25, 0.3) is 24.8 Å². The number of carbonyl (C=O) groups is 7. The normalized spacial score (nSPS) is 14.1. The van der Waals surface area contributed by atoms with Gasteiger partial charge in [-0.3, -0.25) is 19.2 Å². The Morgan fingerprint density at radius 2 is 0.800 bits per heavy atom. The van der Waals surface area contributed by atoms with E-state index in [-0.39, 0.29) is 224 Å². The number of alkyl carbamates (subject to hydrolysis) is 3. The molecule has 6 heterocycles. The van der Waals surface area contributed by atoms with Crippen LogP contribution in [0.1, 0.15) is 146 Å². The molecule has 0 spiro atoms. The molecule has 4 fully saturated rings. The first kappa shape index (κ1) is 127. The second-order valence-corrected chi connectivity index (χ2v) is 47.3. The molecule has 2 aromatic heterocycles. The number of halogens is 4. The number of carbonyl (C=O) groups excluding carboxylic acids is 7. The SMILES string of the molecule is CC(C)(C)OC(=O)NC1CCN(c2cc(F)c(C#N)c(F)c2)CC1.CSc1cc(N2CCC(N)CC2)cc2sc(C(N)=O)c(N)c12.CSc1cc(N2CCC(NC(=O)OC(C)(C)C)CC2)cc(F)c1C#N.CSc1cc(N2CCC(NC(=O)OC(C)(C)C)CC2)cc2sc(C(N)=O)c(N)c12.C[S-].C[Si](C)(C)[N-][Si](C)(C)C.Cl.NC(=O)CS.O=CO[O-].[H-].[K+].[K+].[Na+].[Na+]. The molecule has 4 aliphatic rings. The summed E-state index contributed by atoms with van der Waals surface area (Å²) in [6.07, 6.45) is 12.7. The average molecular weight is 2000 g/mol. The van der Waals surface area contributed by atoms with Gasteiger partial charge in [0.1, 0.15) is 67.3 Å². The number of ether oxygens (including phenoxy) is 3. The van der Waals surface area contributed by atoms with E-state index in [0.29, 0.717) is 76.8 Å². The number of primary amides is 3. The monoisotopic (exact) mass is 1990 g/mol. The number of fused-ring (bicyclic) bond motifs is 2. The van der Waals surface area contributed by atoms with Crippen molar-refractivity contribution in [1.82, 2.24) is 16.0 Å². The Hall–Kier alpha value is -2.31. The molecule has 6 aromatic rings. The minimum atomic E-state index is -1.11. The Labute approximate surface area is 906 Å². The number of nitriles is 2. The summed E-state index contributed by atoms with van der Waals surface area (Å²) >= 11 is 14.9. The molecule has 4 saturated heterocycles. The molecule has 4 aliphatic heterocycles. The number of piperidine rings is 4. The maximum absolute atomic E-state index is 14.1. The standard InChI is InChI=1S/C20H28N4O3S2.C18H24FN3O2S.C17H21F2N3O2.C15H20N4OS2.C6H18NSi2.C2H5NOS.CH2O3.CH4S.ClH.2K.2Na.H/c1-20(2,3)27-19(26)23-11-5-7-24(8-6-11)12-9-13(28-4)15-14(10-12)29-17(16(15)21)18(22)25;1-18(2,3)24-17(23)21-12-5-7-22(8-6-12)13-9-15(19)14(11-20)16(10-13)25-4;1-17(2,3)24-16(23)21-11-4-6-22(7-5-11)12-8-14(18)13(10-20)15(19)9-12;1-21-10-6-9(19-4-2-8(16)3-5-19)7-11-12(10)13(17)14(22-11)15(18)20;1-8(2,3)7-9(4,5)6;3-2(4)1-5;2-1-4-3;1-2;;;;;;/h9-11H,5-8,21H2,1-4H3,(H2,22,25)(H,23,26);9-10,12H,5-8H2,1-4H3,(H,21,23);8-9,11H,4-7H2,1-3H3,(H,21,23);6-8H,2-5,16-17H2,1H3,(H2,18,20);1-6H3;5H,1H2,(H2,3,4);1,3H;2H,1H3;1H;;;;;/q;;;;-1;;;;;4*+1;-1/p-2. The summed E-state index contributed by atoms with van der Waals surface area (Å²) < 4.78 is 64.2. The van der Waals surface area contributed by atoms with Crippen LogP contribution >= 0.6 is 83.0 Å². The van der Waals surface area contributed by atoms with E-state index in [2.05, 4.69) is 130 Å². The average Bonchev–Trinajstić information content (AvgIpc) is 1.62. The minimum absolute atomic E-state index is 0. The van der Waals surface area contributed by atoms with E-state index in [0.717, 1.165) is 106 Å². The fraction of sp³-hybridized carbons (Fsp3) is 0.537. The van der Waals surface area contributed by atoms with Crippen LogP contribution in [-0.2, 0) is 41.3 Å². The number of nitrogens with zero attached hydrogens (tertiary/aromatic N) is 7. The van der Waals surface area contributed by atoms with Gasteiger partial charge in [0.05, 0.1) is 17.1 Å². The molecular formula is C80H122ClF3K2N16Na2O12S7Si2. The molecule has 0 saturated carbocycles. The van der Waals surface area contributed by atoms with Crippen molar-refractivity contribution in [2.24, 2.45) is 22.9 Å². The zero-order valence-electron chi connectivity index (χ0n) is 77.5. The van der Waals surface area contributed by atoms with Crippen LogP contribution in [0.3, 0.4) is 0 Å². The second kappa shape index (κ2) is 60.8. The van der Waals surface area contributed by atoms with Crippen molar-refractivity contribution in [2.45, 2.75) is 209 Å². The van der Waals surface area contributed by atoms with Crippen LogP contribution < -0.4 is 237 Å². The van der Waals surface area contributed by atoms with Crippen molar-refractivity contribution in [2.75, 3.05) is 114 Å². The third kappa shape index (κ3) is 45.5. The van der Waals surface area contributed by atoms with Crippen LogP contribution in [0, 0.1) is 40.1 Å². The number of hydrogen-bond acceptors (Lipinski definition) is 28. The third-order valence-corrected chi connectivity index (χ3v) is 27.8. The Balaban J connectivity index is -0.000000724. The van der Waals surface area contributed by atoms with E-state index < -0.39 is 80.3 Å². The first-order valence-corrected chi connectivity index (χ1v) is 52.1. The number of nitrogen functional groups attached to an aromatic ring is 2. The first-order chi connectivity index (χ1) is 55.9. The number of rotatable bonds is 16. The third-order valence-electron chi connectivity index (χ3n) is 17.5. The zero-order chi connectivity index (χ0) is 91.1. The number of amides is 6. The molecule has 15 N–H and O–H groups in total. The topological polar surface area (TPSA) is 446 Å². The van der Waals surface area contributed by atoms with E-state index in [1.54, 1.807) is 50.6 Å². The number of nitrogens with one attached hydrogen (secondary N) is 3. The quantitative estimate of drug-likeness (QED) is 0.00973. The van der Waals surface area contributed by atoms with Gasteiger partial charge in [0.15, 0.2) is 0 Å². The van der Waals surface area contributed by atoms with Crippen molar-refractivity contribution in [3.05, 3.63) is 91.5 Å². The summed E-state index contributed by atoms with van der Waals surface area (Å²) in [6, 6.07) is 17.9. The van der Waals surface area contributed by atoms with Gasteiger partial charge in [0.2, 0.25) is 5.91 Å². The van der Waals surface area contributed by atoms with Gasteiger partial charge in [0, 0.05) is 134 Å². The molecule has 28 nitrogen and oxygen atoms in total. The Morgan fingerprint density at radius 3 is 1.02 bits per heavy atom. The number of thiol groups is 1. The van der Waals surface area contributed by atoms with Crippen LogP contribution in [-0.4, -0.2) is 183 Å². The second-order valence-electron chi connectivity index (χ2n) is 32.8. The summed E-state index contributed by atoms with van der Waals surface area (Å²) in [5, 5.41) is 36.7. The smallest absolute Gasteiger partial charge is 1.00 e. The predicted molar refractivity (Wildman–Crippen MR) is 502 cm³/mol. The Bertz CT molecular complexity index is 4490. The molecular weight excluding hydrogens is 1870 g/mol. The van der Waals surface area contributed by atoms with Gasteiger partial charge in [-0.2, -0.15) is 29.4 Å². The predicted octanol–water partition coefficient (Wildman–Crippen LogP) is 2.85. The molecule has 125 heavy (non-hydrogen) atoms. The maximum atomic E-state index is 14.1. The summed E-state index contributed by atoms with van der Waals surface area (Å²) in [7, 11) is -2.21. The fourth-order valence-corrected chi connectivity index (χ4v) is 24.9. The molecule has 4 aromatic carbocycles. The number of thioether (sulfide) groups is 3. The maximum Gasteiger partial charge on any atom is 1.00 e. The van der Waals surface area contributed by atoms with Crippen molar-refractivity contribution < 1.29 is 234 Å². The fourth-order valence-electron chi connectivity index (χ4n) is 12.8. The van der Waals surface area contributed by atoms with Gasteiger partial charge >= 0.3 is 180 Å². The van der Waals surface area contributed by atoms with Gasteiger partial charge in [-0.25, -0.2) is 27.6 Å².